The van der Waals surface area contributed by atoms with Crippen LogP contribution in [-0.2, 0) is 34.4 Å². The van der Waals surface area contributed by atoms with Crippen molar-refractivity contribution in [3.63, 3.8) is 0 Å². The van der Waals surface area contributed by atoms with Gasteiger partial charge in [-0.2, -0.15) is 13.2 Å². The monoisotopic (exact) mass is 611 g/mol. The highest BCUT2D eigenvalue weighted by Gasteiger charge is 2.47. The summed E-state index contributed by atoms with van der Waals surface area (Å²) in [5.41, 5.74) is 0.637. The number of carbonyl (C=O) groups excluding carboxylic acids is 4. The molecule has 1 saturated heterocycles. The fourth-order valence-electron chi connectivity index (χ4n) is 4.71. The molecule has 0 saturated carbocycles. The lowest BCUT2D eigenvalue weighted by atomic mass is 9.84. The van der Waals surface area contributed by atoms with Crippen molar-refractivity contribution in [1.29, 1.82) is 0 Å². The molecule has 12 heteroatoms. The minimum Gasteiger partial charge on any atom is -0.497 e. The van der Waals surface area contributed by atoms with E-state index < -0.39 is 65.4 Å². The van der Waals surface area contributed by atoms with Gasteiger partial charge in [0.15, 0.2) is 11.6 Å². The molecule has 228 valence electrons. The lowest BCUT2D eigenvalue weighted by molar-refractivity contribution is -0.186. The van der Waals surface area contributed by atoms with Gasteiger partial charge >= 0.3 is 6.18 Å². The first-order valence-corrected chi connectivity index (χ1v) is 13.7. The van der Waals surface area contributed by atoms with E-state index in [0.717, 1.165) is 0 Å². The first kappa shape index (κ1) is 33.2. The van der Waals surface area contributed by atoms with E-state index >= 15 is 0 Å². The molecule has 3 atom stereocenters. The Morgan fingerprint density at radius 2 is 1.62 bits per heavy atom. The number of carbonyl (C=O) groups is 4. The zero-order valence-electron chi connectivity index (χ0n) is 23.6. The molecule has 3 rings (SSSR count). The van der Waals surface area contributed by atoms with Crippen LogP contribution in [0, 0.1) is 17.8 Å². The van der Waals surface area contributed by atoms with Crippen LogP contribution < -0.4 is 10.1 Å². The summed E-state index contributed by atoms with van der Waals surface area (Å²) >= 11 is 6.10. The summed E-state index contributed by atoms with van der Waals surface area (Å²) in [4.78, 5) is 52.3. The zero-order chi connectivity index (χ0) is 31.2. The Kier molecular flexibility index (Phi) is 10.9. The molecular formula is C30H33ClF3NO7. The largest absolute Gasteiger partial charge is 0.497 e. The van der Waals surface area contributed by atoms with E-state index in [4.69, 9.17) is 25.8 Å². The van der Waals surface area contributed by atoms with Gasteiger partial charge in [-0.15, -0.1) is 0 Å². The number of benzene rings is 2. The van der Waals surface area contributed by atoms with Crippen LogP contribution in [0.3, 0.4) is 0 Å². The maximum atomic E-state index is 13.4. The molecule has 1 N–H and O–H groups in total. The Morgan fingerprint density at radius 3 is 2.14 bits per heavy atom. The predicted octanol–water partition coefficient (Wildman–Crippen LogP) is 5.36. The smallest absolute Gasteiger partial charge is 0.450 e. The third-order valence-corrected chi connectivity index (χ3v) is 7.34. The molecule has 0 unspecified atom stereocenters. The van der Waals surface area contributed by atoms with Gasteiger partial charge in [0.2, 0.25) is 11.7 Å². The van der Waals surface area contributed by atoms with Gasteiger partial charge in [-0.3, -0.25) is 19.2 Å². The fourth-order valence-corrected chi connectivity index (χ4v) is 4.90. The summed E-state index contributed by atoms with van der Waals surface area (Å²) in [6.45, 7) is 4.58. The number of hydrogen-bond donors (Lipinski definition) is 1. The third kappa shape index (κ3) is 7.76. The summed E-state index contributed by atoms with van der Waals surface area (Å²) in [7, 11) is 1.43. The van der Waals surface area contributed by atoms with E-state index in [1.54, 1.807) is 18.2 Å². The maximum absolute atomic E-state index is 13.4. The van der Waals surface area contributed by atoms with Gasteiger partial charge < -0.3 is 19.5 Å². The van der Waals surface area contributed by atoms with Gasteiger partial charge in [0.1, 0.15) is 11.8 Å². The number of rotatable bonds is 13. The quantitative estimate of drug-likeness (QED) is 0.325. The van der Waals surface area contributed by atoms with Gasteiger partial charge in [0, 0.05) is 35.3 Å². The molecule has 1 fully saturated rings. The van der Waals surface area contributed by atoms with E-state index in [0.29, 0.717) is 16.3 Å². The number of ether oxygens (including phenoxy) is 3. The van der Waals surface area contributed by atoms with Crippen LogP contribution in [0.25, 0.3) is 0 Å². The highest BCUT2D eigenvalue weighted by atomic mass is 35.5. The Morgan fingerprint density at radius 1 is 1.00 bits per heavy atom. The summed E-state index contributed by atoms with van der Waals surface area (Å²) in [6, 6.07) is 11.0. The number of Topliss-reactive ketones (excluding diaryl/α,β-unsaturated/α-hetero) is 3. The molecule has 42 heavy (non-hydrogen) atoms. The molecule has 1 amide bonds. The number of amides is 1. The fraction of sp³-hybridized carbons (Fsp3) is 0.467. The van der Waals surface area contributed by atoms with E-state index in [2.05, 4.69) is 5.32 Å². The first-order chi connectivity index (χ1) is 19.7. The molecule has 0 aliphatic carbocycles. The standard InChI is InChI=1S/C30H33ClF3NO7/c1-17(2)23(27(38)30(32,33)34)16-24(36)26(19-8-10-22(40-4)11-9-19)35-28(39)18(3)14-25(37)29(41-12-13-42-29)20-6-5-7-21(31)15-20/h5-11,15,17-18,23,26H,12-14,16H2,1-4H3,(H,35,39)/t18-,23+,26+/m1/s1. The van der Waals surface area contributed by atoms with Crippen molar-refractivity contribution < 1.29 is 46.6 Å². The molecule has 0 aromatic heterocycles. The van der Waals surface area contributed by atoms with Crippen molar-refractivity contribution in [2.24, 2.45) is 17.8 Å². The Hall–Kier alpha value is -3.28. The van der Waals surface area contributed by atoms with Crippen LogP contribution in [0.15, 0.2) is 48.5 Å². The molecule has 8 nitrogen and oxygen atoms in total. The summed E-state index contributed by atoms with van der Waals surface area (Å²) in [5.74, 6) is -8.78. The van der Waals surface area contributed by atoms with Gasteiger partial charge in [-0.25, -0.2) is 0 Å². The van der Waals surface area contributed by atoms with Gasteiger partial charge in [-0.1, -0.05) is 56.6 Å². The van der Waals surface area contributed by atoms with Crippen molar-refractivity contribution in [2.45, 2.75) is 51.6 Å². The second-order valence-corrected chi connectivity index (χ2v) is 10.9. The zero-order valence-corrected chi connectivity index (χ0v) is 24.4. The second kappa shape index (κ2) is 13.8. The van der Waals surface area contributed by atoms with E-state index in [1.165, 1.54) is 58.2 Å². The summed E-state index contributed by atoms with van der Waals surface area (Å²) < 4.78 is 56.3. The number of alkyl halides is 3. The van der Waals surface area contributed by atoms with E-state index in [9.17, 15) is 32.3 Å². The third-order valence-electron chi connectivity index (χ3n) is 7.10. The minimum absolute atomic E-state index is 0.139. The lowest BCUT2D eigenvalue weighted by Gasteiger charge is -2.28. The summed E-state index contributed by atoms with van der Waals surface area (Å²) in [6.07, 6.45) is -6.21. The molecule has 1 aliphatic heterocycles. The van der Waals surface area contributed by atoms with Crippen LogP contribution >= 0.6 is 11.6 Å². The predicted molar refractivity (Wildman–Crippen MR) is 147 cm³/mol. The molecule has 1 heterocycles. The average Bonchev–Trinajstić information content (AvgIpc) is 3.45. The van der Waals surface area contributed by atoms with Crippen LogP contribution in [-0.4, -0.2) is 49.8 Å². The SMILES string of the molecule is COc1ccc([C@H](NC(=O)[C@H](C)CC(=O)C2(c3cccc(Cl)c3)OCCO2)C(=O)C[C@H](C(=O)C(F)(F)F)C(C)C)cc1. The van der Waals surface area contributed by atoms with Crippen molar-refractivity contribution in [2.75, 3.05) is 20.3 Å². The Balaban J connectivity index is 1.84. The van der Waals surface area contributed by atoms with Crippen molar-refractivity contribution in [1.82, 2.24) is 5.32 Å². The Bertz CT molecular complexity index is 1290. The number of hydrogen-bond acceptors (Lipinski definition) is 7. The normalized spacial score (nSPS) is 16.9. The number of halogens is 4. The molecule has 2 aromatic carbocycles. The maximum Gasteiger partial charge on any atom is 0.450 e. The van der Waals surface area contributed by atoms with Crippen LogP contribution in [0.5, 0.6) is 5.75 Å². The van der Waals surface area contributed by atoms with E-state index in [1.807, 2.05) is 0 Å². The van der Waals surface area contributed by atoms with Crippen LogP contribution in [0.1, 0.15) is 50.8 Å². The molecule has 0 spiro atoms. The number of ketones is 3. The molecule has 0 bridgehead atoms. The first-order valence-electron chi connectivity index (χ1n) is 13.3. The molecule has 1 aliphatic rings. The highest BCUT2D eigenvalue weighted by Crippen LogP contribution is 2.36. The van der Waals surface area contributed by atoms with Crippen molar-refractivity contribution in [3.05, 3.63) is 64.7 Å². The van der Waals surface area contributed by atoms with Crippen molar-refractivity contribution >= 4 is 34.9 Å². The topological polar surface area (TPSA) is 108 Å². The Labute approximate surface area is 246 Å². The van der Waals surface area contributed by atoms with E-state index in [-0.39, 0.29) is 25.2 Å². The molecule has 2 aromatic rings. The summed E-state index contributed by atoms with van der Waals surface area (Å²) in [5, 5.41) is 2.93. The molecular weight excluding hydrogens is 579 g/mol. The van der Waals surface area contributed by atoms with Crippen molar-refractivity contribution in [3.8, 4) is 5.75 Å². The van der Waals surface area contributed by atoms with Gasteiger partial charge in [0.25, 0.3) is 5.79 Å². The highest BCUT2D eigenvalue weighted by molar-refractivity contribution is 6.30. The average molecular weight is 612 g/mol. The lowest BCUT2D eigenvalue weighted by Crippen LogP contribution is -2.42. The van der Waals surface area contributed by atoms with Crippen LogP contribution in [0.2, 0.25) is 5.02 Å². The number of nitrogens with one attached hydrogen (secondary N) is 1. The molecule has 0 radical (unpaired) electrons. The minimum atomic E-state index is -5.12. The van der Waals surface area contributed by atoms with Crippen LogP contribution in [0.4, 0.5) is 13.2 Å². The van der Waals surface area contributed by atoms with Gasteiger partial charge in [-0.05, 0) is 35.7 Å². The number of methoxy groups -OCH3 is 1. The second-order valence-electron chi connectivity index (χ2n) is 10.4. The van der Waals surface area contributed by atoms with Gasteiger partial charge in [0.05, 0.1) is 20.3 Å².